The summed E-state index contributed by atoms with van der Waals surface area (Å²) in [5, 5.41) is 3.10. The zero-order valence-corrected chi connectivity index (χ0v) is 16.8. The number of halogens is 1. The van der Waals surface area contributed by atoms with E-state index in [-0.39, 0.29) is 21.7 Å². The molecule has 0 saturated carbocycles. The molecule has 2 aromatic rings. The number of hydrogen-bond acceptors (Lipinski definition) is 6. The second kappa shape index (κ2) is 8.17. The Morgan fingerprint density at radius 1 is 1.14 bits per heavy atom. The number of hydrogen-bond donors (Lipinski definition) is 1. The predicted molar refractivity (Wildman–Crippen MR) is 108 cm³/mol. The summed E-state index contributed by atoms with van der Waals surface area (Å²) in [6.45, 7) is 1.33. The van der Waals surface area contributed by atoms with Gasteiger partial charge in [0.1, 0.15) is 10.6 Å². The van der Waals surface area contributed by atoms with Gasteiger partial charge in [-0.1, -0.05) is 23.7 Å². The monoisotopic (exact) mass is 436 g/mol. The number of amides is 2. The van der Waals surface area contributed by atoms with E-state index >= 15 is 0 Å². The van der Waals surface area contributed by atoms with Crippen LogP contribution in [-0.2, 0) is 19.7 Å². The number of aliphatic imine (C=N–C) groups is 1. The van der Waals surface area contributed by atoms with Crippen LogP contribution in [0.1, 0.15) is 12.5 Å². The van der Waals surface area contributed by atoms with Crippen LogP contribution in [0.15, 0.2) is 63.3 Å². The number of rotatable bonds is 4. The van der Waals surface area contributed by atoms with E-state index in [1.165, 1.54) is 43.3 Å². The fourth-order valence-electron chi connectivity index (χ4n) is 2.16. The molecule has 0 aliphatic carbocycles. The Balaban J connectivity index is 1.71. The fourth-order valence-corrected chi connectivity index (χ4v) is 4.08. The Kier molecular flexibility index (Phi) is 5.87. The van der Waals surface area contributed by atoms with Gasteiger partial charge >= 0.3 is 10.1 Å². The number of thioether (sulfide) groups is 1. The molecule has 0 spiro atoms. The Morgan fingerprint density at radius 3 is 2.39 bits per heavy atom. The molecule has 1 aliphatic rings. The lowest BCUT2D eigenvalue weighted by atomic mass is 10.2. The minimum atomic E-state index is -3.98. The van der Waals surface area contributed by atoms with Gasteiger partial charge in [0.25, 0.3) is 5.91 Å². The van der Waals surface area contributed by atoms with E-state index in [1.807, 2.05) is 0 Å². The summed E-state index contributed by atoms with van der Waals surface area (Å²) in [5.74, 6) is -0.652. The van der Waals surface area contributed by atoms with E-state index in [9.17, 15) is 18.0 Å². The molecule has 1 aliphatic heterocycles. The molecule has 1 N–H and O–H groups in total. The van der Waals surface area contributed by atoms with E-state index in [0.29, 0.717) is 15.5 Å². The molecule has 0 bridgehead atoms. The molecule has 144 valence electrons. The maximum atomic E-state index is 12.3. The zero-order chi connectivity index (χ0) is 20.3. The molecular formula is C18H13ClN2O5S2. The molecular weight excluding hydrogens is 424 g/mol. The number of amidine groups is 1. The molecule has 0 aromatic heterocycles. The maximum absolute atomic E-state index is 12.3. The minimum Gasteiger partial charge on any atom is -0.379 e. The van der Waals surface area contributed by atoms with Crippen LogP contribution in [0.4, 0.5) is 0 Å². The van der Waals surface area contributed by atoms with Crippen molar-refractivity contribution in [2.45, 2.75) is 11.8 Å². The van der Waals surface area contributed by atoms with Gasteiger partial charge in [-0.3, -0.25) is 9.59 Å². The first kappa shape index (κ1) is 20.1. The number of carbonyl (C=O) groups excluding carboxylic acids is 2. The second-order valence-corrected chi connectivity index (χ2v) is 8.59. The van der Waals surface area contributed by atoms with E-state index in [4.69, 9.17) is 15.8 Å². The summed E-state index contributed by atoms with van der Waals surface area (Å²) in [5.41, 5.74) is 0.645. The van der Waals surface area contributed by atoms with Crippen LogP contribution in [0.2, 0.25) is 5.02 Å². The van der Waals surface area contributed by atoms with E-state index < -0.39 is 16.0 Å². The normalized spacial score (nSPS) is 15.4. The zero-order valence-electron chi connectivity index (χ0n) is 14.4. The first-order valence-corrected chi connectivity index (χ1v) is 10.4. The molecule has 10 heteroatoms. The van der Waals surface area contributed by atoms with Crippen molar-refractivity contribution in [1.29, 1.82) is 0 Å². The van der Waals surface area contributed by atoms with Gasteiger partial charge in [0.2, 0.25) is 5.91 Å². The number of nitrogens with one attached hydrogen (secondary N) is 1. The first-order valence-electron chi connectivity index (χ1n) is 7.83. The molecule has 1 heterocycles. The van der Waals surface area contributed by atoms with Crippen molar-refractivity contribution in [2.75, 3.05) is 0 Å². The van der Waals surface area contributed by atoms with Crippen LogP contribution in [-0.4, -0.2) is 25.4 Å². The number of carbonyl (C=O) groups is 2. The van der Waals surface area contributed by atoms with Gasteiger partial charge < -0.3 is 9.50 Å². The van der Waals surface area contributed by atoms with Gasteiger partial charge in [-0.25, -0.2) is 0 Å². The molecule has 2 aromatic carbocycles. The van der Waals surface area contributed by atoms with Crippen LogP contribution in [0.3, 0.4) is 0 Å². The molecule has 3 rings (SSSR count). The lowest BCUT2D eigenvalue weighted by Gasteiger charge is -2.07. The summed E-state index contributed by atoms with van der Waals surface area (Å²) >= 11 is 6.80. The van der Waals surface area contributed by atoms with Crippen molar-refractivity contribution >= 4 is 56.5 Å². The highest BCUT2D eigenvalue weighted by molar-refractivity contribution is 8.18. The Bertz CT molecular complexity index is 1090. The van der Waals surface area contributed by atoms with Crippen molar-refractivity contribution in [2.24, 2.45) is 4.99 Å². The van der Waals surface area contributed by atoms with Gasteiger partial charge in [-0.2, -0.15) is 13.4 Å². The van der Waals surface area contributed by atoms with Crippen LogP contribution in [0.5, 0.6) is 5.75 Å². The molecule has 7 nitrogen and oxygen atoms in total. The van der Waals surface area contributed by atoms with Crippen LogP contribution >= 0.6 is 23.4 Å². The summed E-state index contributed by atoms with van der Waals surface area (Å²) in [4.78, 5) is 27.0. The molecule has 0 unspecified atom stereocenters. The third-order valence-electron chi connectivity index (χ3n) is 3.39. The average molecular weight is 437 g/mol. The predicted octanol–water partition coefficient (Wildman–Crippen LogP) is 3.21. The van der Waals surface area contributed by atoms with Gasteiger partial charge in [0.15, 0.2) is 5.17 Å². The van der Waals surface area contributed by atoms with Crippen molar-refractivity contribution in [3.05, 3.63) is 64.0 Å². The highest BCUT2D eigenvalue weighted by Gasteiger charge is 2.22. The summed E-state index contributed by atoms with van der Waals surface area (Å²) in [6, 6.07) is 11.8. The van der Waals surface area contributed by atoms with Crippen LogP contribution in [0, 0.1) is 0 Å². The van der Waals surface area contributed by atoms with Gasteiger partial charge in [-0.15, -0.1) is 0 Å². The minimum absolute atomic E-state index is 0.0151. The second-order valence-electron chi connectivity index (χ2n) is 5.57. The third-order valence-corrected chi connectivity index (χ3v) is 5.80. The Labute approximate surface area is 170 Å². The maximum Gasteiger partial charge on any atom is 0.339 e. The van der Waals surface area contributed by atoms with E-state index in [2.05, 4.69) is 10.3 Å². The quantitative estimate of drug-likeness (QED) is 0.583. The van der Waals surface area contributed by atoms with Crippen LogP contribution in [0.25, 0.3) is 6.08 Å². The Morgan fingerprint density at radius 2 is 1.79 bits per heavy atom. The highest BCUT2D eigenvalue weighted by Crippen LogP contribution is 2.28. The largest absolute Gasteiger partial charge is 0.379 e. The first-order chi connectivity index (χ1) is 13.2. The molecule has 0 saturated heterocycles. The number of nitrogens with zero attached hydrogens (tertiary/aromatic N) is 1. The summed E-state index contributed by atoms with van der Waals surface area (Å²) < 4.78 is 29.6. The molecule has 0 radical (unpaired) electrons. The van der Waals surface area contributed by atoms with Crippen molar-refractivity contribution < 1.29 is 22.2 Å². The van der Waals surface area contributed by atoms with E-state index in [1.54, 1.807) is 18.2 Å². The highest BCUT2D eigenvalue weighted by atomic mass is 35.5. The standard InChI is InChI=1S/C18H13ClN2O5S2/c1-11(22)20-18-21-17(23)16(27-18)10-12-2-6-14(7-3-12)26-28(24,25)15-8-4-13(19)5-9-15/h2-10H,1H3,(H,20,21,22,23)/b16-10+. The molecule has 0 atom stereocenters. The SMILES string of the molecule is CC(=O)NC1=NC(=O)/C(=C\c2ccc(OS(=O)(=O)c3ccc(Cl)cc3)cc2)S1. The van der Waals surface area contributed by atoms with Gasteiger partial charge in [0.05, 0.1) is 4.91 Å². The fraction of sp³-hybridized carbons (Fsp3) is 0.0556. The van der Waals surface area contributed by atoms with Crippen LogP contribution < -0.4 is 9.50 Å². The summed E-state index contributed by atoms with van der Waals surface area (Å²) in [6.07, 6.45) is 1.59. The van der Waals surface area contributed by atoms with E-state index in [0.717, 1.165) is 11.8 Å². The summed E-state index contributed by atoms with van der Waals surface area (Å²) in [7, 11) is -3.98. The third kappa shape index (κ3) is 5.00. The number of benzene rings is 2. The lowest BCUT2D eigenvalue weighted by Crippen LogP contribution is -2.23. The van der Waals surface area contributed by atoms with Crippen molar-refractivity contribution in [3.63, 3.8) is 0 Å². The van der Waals surface area contributed by atoms with Gasteiger partial charge in [0, 0.05) is 11.9 Å². The molecule has 2 amide bonds. The smallest absolute Gasteiger partial charge is 0.339 e. The Hall–Kier alpha value is -2.62. The molecule has 28 heavy (non-hydrogen) atoms. The topological polar surface area (TPSA) is 102 Å². The van der Waals surface area contributed by atoms with Crippen molar-refractivity contribution in [3.8, 4) is 5.75 Å². The van der Waals surface area contributed by atoms with Crippen molar-refractivity contribution in [1.82, 2.24) is 5.32 Å². The van der Waals surface area contributed by atoms with Gasteiger partial charge in [-0.05, 0) is 59.8 Å². The molecule has 0 fully saturated rings. The lowest BCUT2D eigenvalue weighted by molar-refractivity contribution is -0.117. The average Bonchev–Trinajstić information content (AvgIpc) is 2.95.